The van der Waals surface area contributed by atoms with E-state index in [0.717, 1.165) is 12.5 Å². The Morgan fingerprint density at radius 1 is 1.36 bits per heavy atom. The van der Waals surface area contributed by atoms with E-state index in [1.54, 1.807) is 0 Å². The van der Waals surface area contributed by atoms with Gasteiger partial charge in [0, 0.05) is 25.7 Å². The molecule has 1 atom stereocenters. The first kappa shape index (κ1) is 12.0. The molecular formula is C12H26N2. The van der Waals surface area contributed by atoms with Gasteiger partial charge in [-0.1, -0.05) is 34.1 Å². The van der Waals surface area contributed by atoms with Crippen LogP contribution in [0.15, 0.2) is 0 Å². The number of nitrogens with two attached hydrogens (primary N) is 1. The van der Waals surface area contributed by atoms with Crippen molar-refractivity contribution in [3.8, 4) is 0 Å². The maximum absolute atomic E-state index is 5.78. The third-order valence-corrected chi connectivity index (χ3v) is 3.54. The predicted molar refractivity (Wildman–Crippen MR) is 62.3 cm³/mol. The largest absolute Gasteiger partial charge is 0.329 e. The second kappa shape index (κ2) is 4.63. The molecule has 2 nitrogen and oxygen atoms in total. The summed E-state index contributed by atoms with van der Waals surface area (Å²) in [6.07, 6.45) is 2.51. The van der Waals surface area contributed by atoms with Crippen molar-refractivity contribution >= 4 is 0 Å². The first-order valence-electron chi connectivity index (χ1n) is 5.93. The van der Waals surface area contributed by atoms with Gasteiger partial charge in [0.1, 0.15) is 0 Å². The van der Waals surface area contributed by atoms with Gasteiger partial charge in [0.25, 0.3) is 0 Å². The molecule has 2 heteroatoms. The van der Waals surface area contributed by atoms with Gasteiger partial charge >= 0.3 is 0 Å². The Morgan fingerprint density at radius 2 is 1.93 bits per heavy atom. The zero-order valence-electron chi connectivity index (χ0n) is 10.2. The van der Waals surface area contributed by atoms with E-state index in [4.69, 9.17) is 5.73 Å². The first-order chi connectivity index (χ1) is 6.49. The summed E-state index contributed by atoms with van der Waals surface area (Å²) in [5.41, 5.74) is 6.26. The molecule has 0 aromatic carbocycles. The lowest BCUT2D eigenvalue weighted by atomic mass is 9.75. The molecule has 0 aromatic heterocycles. The van der Waals surface area contributed by atoms with Crippen molar-refractivity contribution in [3.05, 3.63) is 0 Å². The predicted octanol–water partition coefficient (Wildman–Crippen LogP) is 2.09. The van der Waals surface area contributed by atoms with E-state index in [1.807, 2.05) is 0 Å². The van der Waals surface area contributed by atoms with Crippen LogP contribution in [-0.2, 0) is 0 Å². The Bertz CT molecular complexity index is 166. The first-order valence-corrected chi connectivity index (χ1v) is 5.93. The third-order valence-electron chi connectivity index (χ3n) is 3.54. The highest BCUT2D eigenvalue weighted by Gasteiger charge is 2.37. The van der Waals surface area contributed by atoms with E-state index in [9.17, 15) is 0 Å². The Kier molecular flexibility index (Phi) is 3.96. The van der Waals surface area contributed by atoms with E-state index in [1.165, 1.54) is 25.9 Å². The van der Waals surface area contributed by atoms with Gasteiger partial charge < -0.3 is 5.73 Å². The normalized spacial score (nSPS) is 22.1. The maximum atomic E-state index is 5.78. The summed E-state index contributed by atoms with van der Waals surface area (Å²) in [5, 5.41) is 0. The summed E-state index contributed by atoms with van der Waals surface area (Å²) in [5.74, 6) is 0.869. The van der Waals surface area contributed by atoms with Crippen LogP contribution in [0.5, 0.6) is 0 Å². The quantitative estimate of drug-likeness (QED) is 0.749. The van der Waals surface area contributed by atoms with E-state index in [-0.39, 0.29) is 0 Å². The van der Waals surface area contributed by atoms with E-state index in [0.29, 0.717) is 11.5 Å². The summed E-state index contributed by atoms with van der Waals surface area (Å²) < 4.78 is 0. The molecule has 0 amide bonds. The minimum Gasteiger partial charge on any atom is -0.329 e. The average molecular weight is 198 g/mol. The lowest BCUT2D eigenvalue weighted by Gasteiger charge is -2.49. The number of likely N-dealkylation sites (tertiary alicyclic amines) is 1. The fraction of sp³-hybridized carbons (Fsp3) is 1.00. The van der Waals surface area contributed by atoms with Crippen LogP contribution in [0.4, 0.5) is 0 Å². The van der Waals surface area contributed by atoms with Crippen molar-refractivity contribution in [1.82, 2.24) is 4.90 Å². The van der Waals surface area contributed by atoms with Gasteiger partial charge in [0.2, 0.25) is 0 Å². The maximum Gasteiger partial charge on any atom is 0.0218 e. The molecule has 0 bridgehead atoms. The van der Waals surface area contributed by atoms with Gasteiger partial charge in [-0.25, -0.2) is 0 Å². The van der Waals surface area contributed by atoms with Crippen LogP contribution in [-0.4, -0.2) is 30.6 Å². The van der Waals surface area contributed by atoms with Crippen molar-refractivity contribution in [2.45, 2.75) is 46.6 Å². The third kappa shape index (κ3) is 2.71. The van der Waals surface area contributed by atoms with E-state index < -0.39 is 0 Å². The molecule has 14 heavy (non-hydrogen) atoms. The van der Waals surface area contributed by atoms with Crippen LogP contribution in [0, 0.1) is 11.3 Å². The Hall–Kier alpha value is -0.0800. The molecule has 1 saturated heterocycles. The molecular weight excluding hydrogens is 172 g/mol. The molecule has 1 aliphatic heterocycles. The molecule has 0 radical (unpaired) electrons. The van der Waals surface area contributed by atoms with Crippen molar-refractivity contribution in [2.75, 3.05) is 19.6 Å². The number of hydrogen-bond acceptors (Lipinski definition) is 2. The van der Waals surface area contributed by atoms with E-state index >= 15 is 0 Å². The molecule has 0 spiro atoms. The standard InChI is InChI=1S/C12H26N2/c1-5-6-11(7-13)14-8-10(9-14)12(2,3)4/h10-11H,5-9,13H2,1-4H3. The van der Waals surface area contributed by atoms with Crippen LogP contribution < -0.4 is 5.73 Å². The fourth-order valence-electron chi connectivity index (χ4n) is 2.14. The van der Waals surface area contributed by atoms with Crippen molar-refractivity contribution in [1.29, 1.82) is 0 Å². The van der Waals surface area contributed by atoms with Crippen molar-refractivity contribution < 1.29 is 0 Å². The SMILES string of the molecule is CCCC(CN)N1CC(C(C)(C)C)C1. The van der Waals surface area contributed by atoms with Gasteiger partial charge in [-0.2, -0.15) is 0 Å². The van der Waals surface area contributed by atoms with Crippen LogP contribution >= 0.6 is 0 Å². The Balaban J connectivity index is 2.32. The monoisotopic (exact) mass is 198 g/mol. The molecule has 1 aliphatic rings. The number of hydrogen-bond donors (Lipinski definition) is 1. The highest BCUT2D eigenvalue weighted by atomic mass is 15.2. The highest BCUT2D eigenvalue weighted by Crippen LogP contribution is 2.34. The van der Waals surface area contributed by atoms with Gasteiger partial charge in [-0.3, -0.25) is 4.90 Å². The smallest absolute Gasteiger partial charge is 0.0218 e. The average Bonchev–Trinajstić information content (AvgIpc) is 1.97. The Morgan fingerprint density at radius 3 is 2.29 bits per heavy atom. The highest BCUT2D eigenvalue weighted by molar-refractivity contribution is 4.91. The lowest BCUT2D eigenvalue weighted by Crippen LogP contribution is -2.57. The van der Waals surface area contributed by atoms with Crippen LogP contribution in [0.25, 0.3) is 0 Å². The minimum atomic E-state index is 0.474. The molecule has 1 fully saturated rings. The topological polar surface area (TPSA) is 29.3 Å². The number of nitrogens with zero attached hydrogens (tertiary/aromatic N) is 1. The molecule has 0 aliphatic carbocycles. The zero-order chi connectivity index (χ0) is 10.8. The van der Waals surface area contributed by atoms with Gasteiger partial charge in [-0.05, 0) is 17.8 Å². The van der Waals surface area contributed by atoms with Gasteiger partial charge in [0.15, 0.2) is 0 Å². The van der Waals surface area contributed by atoms with Crippen molar-refractivity contribution in [2.24, 2.45) is 17.1 Å². The summed E-state index contributed by atoms with van der Waals surface area (Å²) in [7, 11) is 0. The van der Waals surface area contributed by atoms with Gasteiger partial charge in [0.05, 0.1) is 0 Å². The summed E-state index contributed by atoms with van der Waals surface area (Å²) >= 11 is 0. The lowest BCUT2D eigenvalue weighted by molar-refractivity contribution is -0.00702. The summed E-state index contributed by atoms with van der Waals surface area (Å²) in [4.78, 5) is 2.55. The molecule has 0 saturated carbocycles. The van der Waals surface area contributed by atoms with Gasteiger partial charge in [-0.15, -0.1) is 0 Å². The molecule has 1 unspecified atom stereocenters. The second-order valence-electron chi connectivity index (χ2n) is 5.70. The minimum absolute atomic E-state index is 0.474. The molecule has 1 rings (SSSR count). The fourth-order valence-corrected chi connectivity index (χ4v) is 2.14. The van der Waals surface area contributed by atoms with E-state index in [2.05, 4.69) is 32.6 Å². The van der Waals surface area contributed by atoms with Crippen LogP contribution in [0.1, 0.15) is 40.5 Å². The molecule has 84 valence electrons. The van der Waals surface area contributed by atoms with Crippen molar-refractivity contribution in [3.63, 3.8) is 0 Å². The molecule has 2 N–H and O–H groups in total. The van der Waals surface area contributed by atoms with Crippen LogP contribution in [0.3, 0.4) is 0 Å². The second-order valence-corrected chi connectivity index (χ2v) is 5.70. The molecule has 0 aromatic rings. The zero-order valence-corrected chi connectivity index (χ0v) is 10.2. The number of rotatable bonds is 4. The summed E-state index contributed by atoms with van der Waals surface area (Å²) in [6.45, 7) is 12.6. The molecule has 1 heterocycles. The Labute approximate surface area is 88.8 Å². The summed E-state index contributed by atoms with van der Waals surface area (Å²) in [6, 6.07) is 0.638. The van der Waals surface area contributed by atoms with Crippen LogP contribution in [0.2, 0.25) is 0 Å².